The lowest BCUT2D eigenvalue weighted by atomic mass is 10.2. The highest BCUT2D eigenvalue weighted by Crippen LogP contribution is 2.39. The molecule has 0 N–H and O–H groups in total. The highest BCUT2D eigenvalue weighted by Gasteiger charge is 2.40. The van der Waals surface area contributed by atoms with E-state index in [9.17, 15) is 8.78 Å². The number of benzene rings is 1. The first-order valence-corrected chi connectivity index (χ1v) is 8.37. The zero-order valence-electron chi connectivity index (χ0n) is 13.5. The van der Waals surface area contributed by atoms with Gasteiger partial charge < -0.3 is 19.3 Å². The van der Waals surface area contributed by atoms with E-state index in [0.29, 0.717) is 6.67 Å². The second kappa shape index (κ2) is 5.34. The van der Waals surface area contributed by atoms with Gasteiger partial charge in [0, 0.05) is 37.0 Å². The van der Waals surface area contributed by atoms with Crippen molar-refractivity contribution < 1.29 is 8.78 Å². The number of hydrogen-bond acceptors (Lipinski definition) is 4. The van der Waals surface area contributed by atoms with Crippen LogP contribution in [0.3, 0.4) is 0 Å². The number of imidazole rings is 1. The molecule has 3 aliphatic rings. The van der Waals surface area contributed by atoms with Gasteiger partial charge >= 0.3 is 0 Å². The largest absolute Gasteiger partial charge is 0.336 e. The Morgan fingerprint density at radius 1 is 1.16 bits per heavy atom. The van der Waals surface area contributed by atoms with Gasteiger partial charge in [-0.3, -0.25) is 0 Å². The van der Waals surface area contributed by atoms with Crippen LogP contribution in [-0.4, -0.2) is 32.2 Å². The molecule has 0 saturated carbocycles. The van der Waals surface area contributed by atoms with Crippen molar-refractivity contribution in [1.29, 1.82) is 0 Å². The first-order valence-electron chi connectivity index (χ1n) is 8.37. The lowest BCUT2D eigenvalue weighted by Gasteiger charge is -2.41. The number of para-hydroxylation sites is 1. The molecule has 4 heterocycles. The molecule has 0 amide bonds. The molecule has 0 spiro atoms. The van der Waals surface area contributed by atoms with Crippen LogP contribution in [0.4, 0.5) is 14.5 Å². The maximum absolute atomic E-state index is 14.4. The van der Waals surface area contributed by atoms with Crippen molar-refractivity contribution in [2.45, 2.75) is 25.8 Å². The molecule has 3 aliphatic heterocycles. The molecule has 0 aliphatic carbocycles. The van der Waals surface area contributed by atoms with Crippen LogP contribution >= 0.6 is 0 Å². The molecule has 2 aromatic rings. The standard InChI is InChI=1S/C18H17F2N5/c19-14-4-1-5-15(20)17(14)25-11-13-3-2-8-24(13)18(25)23-9-6-16-21-7-10-22(16)12-23/h1,4-7,9-11,18H,2-3,8,12H2. The molecule has 5 nitrogen and oxygen atoms in total. The SMILES string of the molecule is Fc1cccc(F)c1N1C=C2CCCN2C1N1C=Cc2nccn2C1. The van der Waals surface area contributed by atoms with E-state index >= 15 is 0 Å². The molecular weight excluding hydrogens is 324 g/mol. The summed E-state index contributed by atoms with van der Waals surface area (Å²) in [5, 5.41) is 0. The van der Waals surface area contributed by atoms with Crippen LogP contribution in [0, 0.1) is 11.6 Å². The fourth-order valence-corrected chi connectivity index (χ4v) is 3.89. The fraction of sp³-hybridized carbons (Fsp3) is 0.278. The van der Waals surface area contributed by atoms with E-state index in [0.717, 1.165) is 30.9 Å². The number of fused-ring (bicyclic) bond motifs is 2. The Hall–Kier alpha value is -2.83. The number of halogens is 2. The van der Waals surface area contributed by atoms with Crippen LogP contribution in [0.15, 0.2) is 48.7 Å². The van der Waals surface area contributed by atoms with Crippen molar-refractivity contribution in [3.63, 3.8) is 0 Å². The van der Waals surface area contributed by atoms with Gasteiger partial charge in [-0.1, -0.05) is 6.07 Å². The topological polar surface area (TPSA) is 27.5 Å². The average Bonchev–Trinajstić information content (AvgIpc) is 3.29. The predicted octanol–water partition coefficient (Wildman–Crippen LogP) is 3.15. The molecule has 1 atom stereocenters. The van der Waals surface area contributed by atoms with E-state index in [1.807, 2.05) is 29.2 Å². The highest BCUT2D eigenvalue weighted by atomic mass is 19.1. The molecule has 1 fully saturated rings. The van der Waals surface area contributed by atoms with Crippen LogP contribution in [0.2, 0.25) is 0 Å². The lowest BCUT2D eigenvalue weighted by Crippen LogP contribution is -2.51. The smallest absolute Gasteiger partial charge is 0.186 e. The van der Waals surface area contributed by atoms with Gasteiger partial charge in [-0.15, -0.1) is 0 Å². The summed E-state index contributed by atoms with van der Waals surface area (Å²) in [5.41, 5.74) is 1.12. The predicted molar refractivity (Wildman–Crippen MR) is 89.7 cm³/mol. The summed E-state index contributed by atoms with van der Waals surface area (Å²) in [6.45, 7) is 1.46. The highest BCUT2D eigenvalue weighted by molar-refractivity contribution is 5.55. The Morgan fingerprint density at radius 2 is 2.00 bits per heavy atom. The Morgan fingerprint density at radius 3 is 2.84 bits per heavy atom. The number of nitrogens with zero attached hydrogens (tertiary/aromatic N) is 5. The van der Waals surface area contributed by atoms with Gasteiger partial charge in [-0.25, -0.2) is 13.8 Å². The molecule has 5 rings (SSSR count). The fourth-order valence-electron chi connectivity index (χ4n) is 3.89. The summed E-state index contributed by atoms with van der Waals surface area (Å²) in [4.78, 5) is 10.3. The minimum atomic E-state index is -0.549. The van der Waals surface area contributed by atoms with Crippen LogP contribution in [0.5, 0.6) is 0 Å². The van der Waals surface area contributed by atoms with Gasteiger partial charge in [0.15, 0.2) is 6.29 Å². The number of rotatable bonds is 2. The summed E-state index contributed by atoms with van der Waals surface area (Å²) in [7, 11) is 0. The zero-order valence-corrected chi connectivity index (χ0v) is 13.5. The molecular formula is C18H17F2N5. The second-order valence-electron chi connectivity index (χ2n) is 6.47. The monoisotopic (exact) mass is 341 g/mol. The maximum atomic E-state index is 14.4. The summed E-state index contributed by atoms with van der Waals surface area (Å²) >= 11 is 0. The van der Waals surface area contributed by atoms with Crippen molar-refractivity contribution in [2.75, 3.05) is 11.4 Å². The molecule has 7 heteroatoms. The summed E-state index contributed by atoms with van der Waals surface area (Å²) in [6.07, 6.45) is 11.1. The second-order valence-corrected chi connectivity index (χ2v) is 6.47. The van der Waals surface area contributed by atoms with Crippen molar-refractivity contribution in [1.82, 2.24) is 19.4 Å². The summed E-state index contributed by atoms with van der Waals surface area (Å²) in [6, 6.07) is 4.00. The van der Waals surface area contributed by atoms with Crippen molar-refractivity contribution >= 4 is 11.8 Å². The minimum Gasteiger partial charge on any atom is -0.336 e. The summed E-state index contributed by atoms with van der Waals surface area (Å²) < 4.78 is 30.9. The van der Waals surface area contributed by atoms with Gasteiger partial charge in [0.2, 0.25) is 0 Å². The third-order valence-corrected chi connectivity index (χ3v) is 4.99. The first kappa shape index (κ1) is 14.5. The molecule has 1 saturated heterocycles. The van der Waals surface area contributed by atoms with Crippen LogP contribution in [-0.2, 0) is 6.67 Å². The van der Waals surface area contributed by atoms with Crippen LogP contribution in [0.1, 0.15) is 18.7 Å². The van der Waals surface area contributed by atoms with Gasteiger partial charge in [0.25, 0.3) is 0 Å². The Kier molecular flexibility index (Phi) is 3.10. The van der Waals surface area contributed by atoms with E-state index in [-0.39, 0.29) is 12.0 Å². The van der Waals surface area contributed by atoms with E-state index in [1.165, 1.54) is 18.2 Å². The molecule has 1 aromatic carbocycles. The molecule has 0 radical (unpaired) electrons. The molecule has 1 aromatic heterocycles. The molecule has 1 unspecified atom stereocenters. The van der Waals surface area contributed by atoms with Crippen molar-refractivity contribution in [2.24, 2.45) is 0 Å². The Balaban J connectivity index is 1.57. The zero-order chi connectivity index (χ0) is 17.0. The maximum Gasteiger partial charge on any atom is 0.186 e. The van der Waals surface area contributed by atoms with E-state index < -0.39 is 11.6 Å². The van der Waals surface area contributed by atoms with E-state index in [4.69, 9.17) is 0 Å². The van der Waals surface area contributed by atoms with Crippen LogP contribution in [0.25, 0.3) is 6.08 Å². The number of anilines is 1. The van der Waals surface area contributed by atoms with Gasteiger partial charge in [-0.2, -0.15) is 0 Å². The number of allylic oxidation sites excluding steroid dienone is 1. The molecule has 128 valence electrons. The Labute approximate surface area is 144 Å². The quantitative estimate of drug-likeness (QED) is 0.839. The van der Waals surface area contributed by atoms with E-state index in [1.54, 1.807) is 11.1 Å². The van der Waals surface area contributed by atoms with Crippen LogP contribution < -0.4 is 4.90 Å². The first-order chi connectivity index (χ1) is 12.2. The lowest BCUT2D eigenvalue weighted by molar-refractivity contribution is 0.109. The minimum absolute atomic E-state index is 0.000715. The van der Waals surface area contributed by atoms with Crippen molar-refractivity contribution in [3.8, 4) is 0 Å². The van der Waals surface area contributed by atoms with Gasteiger partial charge in [0.05, 0.1) is 6.67 Å². The van der Waals surface area contributed by atoms with Gasteiger partial charge in [0.1, 0.15) is 23.1 Å². The normalized spacial score (nSPS) is 21.6. The molecule has 25 heavy (non-hydrogen) atoms. The Bertz CT molecular complexity index is 867. The number of hydrogen-bond donors (Lipinski definition) is 0. The number of aromatic nitrogens is 2. The third-order valence-electron chi connectivity index (χ3n) is 4.99. The van der Waals surface area contributed by atoms with Gasteiger partial charge in [-0.05, 0) is 31.1 Å². The summed E-state index contributed by atoms with van der Waals surface area (Å²) in [5.74, 6) is -0.216. The average molecular weight is 341 g/mol. The van der Waals surface area contributed by atoms with E-state index in [2.05, 4.69) is 14.8 Å². The third kappa shape index (κ3) is 2.15. The van der Waals surface area contributed by atoms with Crippen molar-refractivity contribution in [3.05, 3.63) is 66.1 Å². The molecule has 0 bridgehead atoms.